The van der Waals surface area contributed by atoms with Crippen LogP contribution in [0.2, 0.25) is 0 Å². The first kappa shape index (κ1) is 27.9. The van der Waals surface area contributed by atoms with Crippen LogP contribution in [0.3, 0.4) is 0 Å². The lowest BCUT2D eigenvalue weighted by Gasteiger charge is -2.26. The number of rotatable bonds is 11. The van der Waals surface area contributed by atoms with Gasteiger partial charge in [-0.1, -0.05) is 30.3 Å². The molecular weight excluding hydrogens is 550 g/mol. The van der Waals surface area contributed by atoms with Gasteiger partial charge in [-0.2, -0.15) is 5.10 Å². The fourth-order valence-corrected chi connectivity index (χ4v) is 6.61. The fourth-order valence-electron chi connectivity index (χ4n) is 5.33. The van der Waals surface area contributed by atoms with Crippen molar-refractivity contribution in [3.05, 3.63) is 78.8 Å². The van der Waals surface area contributed by atoms with Crippen LogP contribution in [-0.4, -0.2) is 77.9 Å². The maximum absolute atomic E-state index is 11.7. The molecule has 1 aliphatic rings. The number of aromatic nitrogens is 4. The molecule has 42 heavy (non-hydrogen) atoms. The zero-order valence-electron chi connectivity index (χ0n) is 23.7. The van der Waals surface area contributed by atoms with Gasteiger partial charge in [-0.3, -0.25) is 4.68 Å². The Morgan fingerprint density at radius 1 is 0.976 bits per heavy atom. The minimum atomic E-state index is -2.84. The molecule has 0 aliphatic carbocycles. The molecule has 6 rings (SSSR count). The lowest BCUT2D eigenvalue weighted by molar-refractivity contribution is 0.290. The van der Waals surface area contributed by atoms with Crippen molar-refractivity contribution in [2.75, 3.05) is 55.4 Å². The van der Waals surface area contributed by atoms with Crippen LogP contribution < -0.4 is 15.4 Å². The predicted molar refractivity (Wildman–Crippen MR) is 167 cm³/mol. The second-order valence-corrected chi connectivity index (χ2v) is 12.9. The van der Waals surface area contributed by atoms with E-state index in [0.717, 1.165) is 64.9 Å². The van der Waals surface area contributed by atoms with Gasteiger partial charge in [0.25, 0.3) is 0 Å². The highest BCUT2D eigenvalue weighted by atomic mass is 32.2. The molecule has 0 unspecified atom stereocenters. The molecule has 1 aliphatic heterocycles. The number of nitrogens with one attached hydrogen (secondary N) is 2. The SMILES string of the molecule is COc1cc2ncnc(Nc3ccc4c(cnn4Cc4ccccc4)c3)c2cc1NCCCCN1CCS(=O)(=O)CC1. The van der Waals surface area contributed by atoms with Crippen LogP contribution in [0.15, 0.2) is 73.2 Å². The smallest absolute Gasteiger partial charge is 0.152 e. The highest BCUT2D eigenvalue weighted by Gasteiger charge is 2.20. The molecule has 218 valence electrons. The van der Waals surface area contributed by atoms with E-state index in [2.05, 4.69) is 54.9 Å². The number of ether oxygens (including phenoxy) is 1. The minimum absolute atomic E-state index is 0.268. The summed E-state index contributed by atoms with van der Waals surface area (Å²) >= 11 is 0. The average molecular weight is 586 g/mol. The van der Waals surface area contributed by atoms with Crippen LogP contribution in [0.25, 0.3) is 21.8 Å². The van der Waals surface area contributed by atoms with Crippen molar-refractivity contribution >= 4 is 48.8 Å². The second-order valence-electron chi connectivity index (χ2n) is 10.6. The molecule has 0 amide bonds. The topological polar surface area (TPSA) is 114 Å². The summed E-state index contributed by atoms with van der Waals surface area (Å²) < 4.78 is 31.0. The van der Waals surface area contributed by atoms with Crippen LogP contribution in [0, 0.1) is 0 Å². The van der Waals surface area contributed by atoms with Gasteiger partial charge in [-0.15, -0.1) is 0 Å². The molecule has 1 saturated heterocycles. The molecule has 3 aromatic carbocycles. The van der Waals surface area contributed by atoms with Gasteiger partial charge in [0.05, 0.1) is 48.1 Å². The minimum Gasteiger partial charge on any atom is -0.495 e. The van der Waals surface area contributed by atoms with Gasteiger partial charge in [0.2, 0.25) is 0 Å². The maximum atomic E-state index is 11.7. The van der Waals surface area contributed by atoms with E-state index < -0.39 is 9.84 Å². The number of fused-ring (bicyclic) bond motifs is 2. The number of methoxy groups -OCH3 is 1. The van der Waals surface area contributed by atoms with E-state index in [1.54, 1.807) is 13.4 Å². The lowest BCUT2D eigenvalue weighted by Crippen LogP contribution is -2.40. The summed E-state index contributed by atoms with van der Waals surface area (Å²) in [4.78, 5) is 11.3. The van der Waals surface area contributed by atoms with Gasteiger partial charge < -0.3 is 20.3 Å². The lowest BCUT2D eigenvalue weighted by atomic mass is 10.1. The zero-order chi connectivity index (χ0) is 28.9. The molecule has 1 fully saturated rings. The van der Waals surface area contributed by atoms with Gasteiger partial charge in [0, 0.05) is 42.2 Å². The maximum Gasteiger partial charge on any atom is 0.152 e. The summed E-state index contributed by atoms with van der Waals surface area (Å²) in [5, 5.41) is 13.5. The van der Waals surface area contributed by atoms with Gasteiger partial charge >= 0.3 is 0 Å². The van der Waals surface area contributed by atoms with Crippen LogP contribution in [0.1, 0.15) is 18.4 Å². The molecule has 5 aromatic rings. The molecule has 0 spiro atoms. The summed E-state index contributed by atoms with van der Waals surface area (Å²) in [5.74, 6) is 1.97. The third kappa shape index (κ3) is 6.47. The average Bonchev–Trinajstić information content (AvgIpc) is 3.39. The molecule has 11 heteroatoms. The number of hydrogen-bond donors (Lipinski definition) is 2. The first-order valence-corrected chi connectivity index (χ1v) is 16.1. The number of anilines is 3. The fraction of sp³-hybridized carbons (Fsp3) is 0.323. The standard InChI is InChI=1S/C31H35N7O3S/c1-41-30-19-27-26(18-28(30)32-11-5-6-12-37-13-15-42(39,40)16-14-37)31(34-22-33-27)36-25-9-10-29-24(17-25)20-35-38(29)21-23-7-3-2-4-8-23/h2-4,7-10,17-20,22,32H,5-6,11-16,21H2,1H3,(H,33,34,36). The molecule has 0 bridgehead atoms. The Kier molecular flexibility index (Phi) is 8.20. The van der Waals surface area contributed by atoms with Crippen molar-refractivity contribution in [2.45, 2.75) is 19.4 Å². The van der Waals surface area contributed by atoms with Crippen molar-refractivity contribution in [3.8, 4) is 5.75 Å². The monoisotopic (exact) mass is 585 g/mol. The number of unbranched alkanes of at least 4 members (excludes halogenated alkanes) is 1. The van der Waals surface area contributed by atoms with E-state index in [-0.39, 0.29) is 11.5 Å². The zero-order valence-corrected chi connectivity index (χ0v) is 24.5. The largest absolute Gasteiger partial charge is 0.495 e. The molecule has 0 atom stereocenters. The Bertz CT molecular complexity index is 1780. The first-order chi connectivity index (χ1) is 20.5. The summed E-state index contributed by atoms with van der Waals surface area (Å²) in [5.41, 5.74) is 4.85. The van der Waals surface area contributed by atoms with Gasteiger partial charge in [0.15, 0.2) is 9.84 Å². The second kappa shape index (κ2) is 12.3. The summed E-state index contributed by atoms with van der Waals surface area (Å²) in [6.07, 6.45) is 5.39. The molecular formula is C31H35N7O3S. The highest BCUT2D eigenvalue weighted by Crippen LogP contribution is 2.33. The third-order valence-electron chi connectivity index (χ3n) is 7.69. The van der Waals surface area contributed by atoms with Crippen molar-refractivity contribution < 1.29 is 13.2 Å². The van der Waals surface area contributed by atoms with E-state index in [4.69, 9.17) is 4.74 Å². The number of hydrogen-bond acceptors (Lipinski definition) is 9. The third-order valence-corrected chi connectivity index (χ3v) is 9.30. The Morgan fingerprint density at radius 2 is 1.81 bits per heavy atom. The summed E-state index contributed by atoms with van der Waals surface area (Å²) in [7, 11) is -1.19. The Labute approximate surface area is 245 Å². The van der Waals surface area contributed by atoms with E-state index in [0.29, 0.717) is 25.5 Å². The van der Waals surface area contributed by atoms with Crippen LogP contribution in [0.4, 0.5) is 17.2 Å². The number of benzene rings is 3. The van der Waals surface area contributed by atoms with Gasteiger partial charge in [-0.25, -0.2) is 18.4 Å². The molecule has 2 aromatic heterocycles. The van der Waals surface area contributed by atoms with E-state index in [1.807, 2.05) is 47.3 Å². The Hall–Kier alpha value is -4.22. The van der Waals surface area contributed by atoms with E-state index in [9.17, 15) is 8.42 Å². The highest BCUT2D eigenvalue weighted by molar-refractivity contribution is 7.91. The van der Waals surface area contributed by atoms with E-state index >= 15 is 0 Å². The molecule has 0 saturated carbocycles. The normalized spacial score (nSPS) is 15.2. The van der Waals surface area contributed by atoms with Crippen molar-refractivity contribution in [1.29, 1.82) is 0 Å². The van der Waals surface area contributed by atoms with Crippen LogP contribution >= 0.6 is 0 Å². The van der Waals surface area contributed by atoms with Crippen molar-refractivity contribution in [2.24, 2.45) is 0 Å². The van der Waals surface area contributed by atoms with Crippen LogP contribution in [-0.2, 0) is 16.4 Å². The number of nitrogens with zero attached hydrogens (tertiary/aromatic N) is 5. The van der Waals surface area contributed by atoms with Gasteiger partial charge in [-0.05, 0) is 49.2 Å². The van der Waals surface area contributed by atoms with Crippen molar-refractivity contribution in [3.63, 3.8) is 0 Å². The summed E-state index contributed by atoms with van der Waals surface area (Å²) in [6, 6.07) is 20.5. The molecule has 0 radical (unpaired) electrons. The first-order valence-electron chi connectivity index (χ1n) is 14.2. The van der Waals surface area contributed by atoms with Gasteiger partial charge in [0.1, 0.15) is 17.9 Å². The van der Waals surface area contributed by atoms with Crippen LogP contribution in [0.5, 0.6) is 5.75 Å². The number of sulfone groups is 1. The molecule has 3 heterocycles. The Balaban J connectivity index is 1.13. The Morgan fingerprint density at radius 3 is 2.62 bits per heavy atom. The molecule has 2 N–H and O–H groups in total. The molecule has 10 nitrogen and oxygen atoms in total. The predicted octanol–water partition coefficient (Wildman–Crippen LogP) is 4.70. The van der Waals surface area contributed by atoms with E-state index in [1.165, 1.54) is 5.56 Å². The summed E-state index contributed by atoms with van der Waals surface area (Å²) in [6.45, 7) is 3.66. The quantitative estimate of drug-likeness (QED) is 0.213. The van der Waals surface area contributed by atoms with Crippen molar-refractivity contribution in [1.82, 2.24) is 24.6 Å².